The van der Waals surface area contributed by atoms with Crippen LogP contribution in [0.5, 0.6) is 0 Å². The maximum absolute atomic E-state index is 5.62. The van der Waals surface area contributed by atoms with Crippen molar-refractivity contribution < 1.29 is 4.52 Å². The Balaban J connectivity index is 2.01. The summed E-state index contributed by atoms with van der Waals surface area (Å²) in [6, 6.07) is 0. The molecule has 96 valence electrons. The van der Waals surface area contributed by atoms with Crippen LogP contribution in [0.2, 0.25) is 0 Å². The molecular formula is C13H23N3O. The Labute approximate surface area is 103 Å². The van der Waals surface area contributed by atoms with Crippen molar-refractivity contribution in [1.82, 2.24) is 10.1 Å². The minimum Gasteiger partial charge on any atom is -0.339 e. The van der Waals surface area contributed by atoms with E-state index in [0.29, 0.717) is 12.5 Å². The van der Waals surface area contributed by atoms with E-state index in [-0.39, 0.29) is 5.92 Å². The van der Waals surface area contributed by atoms with E-state index in [9.17, 15) is 0 Å². The van der Waals surface area contributed by atoms with Crippen molar-refractivity contribution in [3.63, 3.8) is 0 Å². The lowest BCUT2D eigenvalue weighted by Crippen LogP contribution is -2.10. The number of rotatable bonds is 3. The molecule has 2 N–H and O–H groups in total. The third kappa shape index (κ3) is 3.28. The molecular weight excluding hydrogens is 214 g/mol. The summed E-state index contributed by atoms with van der Waals surface area (Å²) in [4.78, 5) is 4.52. The summed E-state index contributed by atoms with van der Waals surface area (Å²) in [5.74, 6) is 2.27. The molecule has 2 rings (SSSR count). The molecule has 0 amide bonds. The predicted octanol–water partition coefficient (Wildman–Crippen LogP) is 2.96. The fourth-order valence-electron chi connectivity index (χ4n) is 2.42. The van der Waals surface area contributed by atoms with Crippen molar-refractivity contribution in [3.8, 4) is 0 Å². The highest BCUT2D eigenvalue weighted by Crippen LogP contribution is 2.30. The Hall–Kier alpha value is -0.900. The van der Waals surface area contributed by atoms with Gasteiger partial charge in [0.2, 0.25) is 5.89 Å². The number of nitrogens with zero attached hydrogens (tertiary/aromatic N) is 2. The second-order valence-electron chi connectivity index (χ2n) is 5.17. The zero-order valence-corrected chi connectivity index (χ0v) is 10.7. The summed E-state index contributed by atoms with van der Waals surface area (Å²) in [6.07, 6.45) is 9.03. The Kier molecular flexibility index (Phi) is 4.54. The van der Waals surface area contributed by atoms with Gasteiger partial charge < -0.3 is 10.3 Å². The van der Waals surface area contributed by atoms with E-state index in [2.05, 4.69) is 10.1 Å². The standard InChI is InChI=1S/C13H23N3O/c1-10(9-14)12-15-13(17-16-12)11-7-5-3-2-4-6-8-11/h10-11H,2-9,14H2,1H3. The molecule has 1 saturated carbocycles. The number of aromatic nitrogens is 2. The second kappa shape index (κ2) is 6.15. The molecule has 1 aromatic heterocycles. The number of hydrogen-bond donors (Lipinski definition) is 1. The van der Waals surface area contributed by atoms with Crippen LogP contribution in [0.25, 0.3) is 0 Å². The van der Waals surface area contributed by atoms with Crippen LogP contribution in [-0.2, 0) is 0 Å². The van der Waals surface area contributed by atoms with Crippen molar-refractivity contribution in [2.45, 2.75) is 63.7 Å². The molecule has 0 saturated heterocycles. The Morgan fingerprint density at radius 3 is 2.53 bits per heavy atom. The van der Waals surface area contributed by atoms with Gasteiger partial charge in [0.1, 0.15) is 0 Å². The summed E-state index contributed by atoms with van der Waals surface area (Å²) >= 11 is 0. The first kappa shape index (κ1) is 12.6. The molecule has 0 aromatic carbocycles. The first-order valence-corrected chi connectivity index (χ1v) is 6.85. The van der Waals surface area contributed by atoms with Gasteiger partial charge in [-0.05, 0) is 12.8 Å². The van der Waals surface area contributed by atoms with E-state index < -0.39 is 0 Å². The van der Waals surface area contributed by atoms with Gasteiger partial charge in [0.05, 0.1) is 0 Å². The van der Waals surface area contributed by atoms with Gasteiger partial charge in [-0.15, -0.1) is 0 Å². The van der Waals surface area contributed by atoms with E-state index >= 15 is 0 Å². The summed E-state index contributed by atoms with van der Waals surface area (Å²) in [5.41, 5.74) is 5.62. The van der Waals surface area contributed by atoms with Gasteiger partial charge >= 0.3 is 0 Å². The van der Waals surface area contributed by atoms with Gasteiger partial charge in [0.25, 0.3) is 0 Å². The van der Waals surface area contributed by atoms with Gasteiger partial charge in [-0.25, -0.2) is 0 Å². The van der Waals surface area contributed by atoms with E-state index in [1.165, 1.54) is 44.9 Å². The van der Waals surface area contributed by atoms with Crippen molar-refractivity contribution in [1.29, 1.82) is 0 Å². The molecule has 0 radical (unpaired) electrons. The maximum Gasteiger partial charge on any atom is 0.229 e. The molecule has 0 aliphatic heterocycles. The molecule has 0 spiro atoms. The van der Waals surface area contributed by atoms with Crippen LogP contribution in [0.1, 0.15) is 75.4 Å². The molecule has 1 fully saturated rings. The molecule has 1 heterocycles. The third-order valence-electron chi connectivity index (χ3n) is 3.71. The van der Waals surface area contributed by atoms with E-state index in [0.717, 1.165) is 11.7 Å². The topological polar surface area (TPSA) is 64.9 Å². The van der Waals surface area contributed by atoms with Crippen LogP contribution in [0.15, 0.2) is 4.52 Å². The average Bonchev–Trinajstić information content (AvgIpc) is 2.77. The highest BCUT2D eigenvalue weighted by Gasteiger charge is 2.21. The molecule has 1 atom stereocenters. The van der Waals surface area contributed by atoms with E-state index in [1.807, 2.05) is 6.92 Å². The van der Waals surface area contributed by atoms with Gasteiger partial charge in [0.15, 0.2) is 5.82 Å². The molecule has 1 aliphatic carbocycles. The molecule has 17 heavy (non-hydrogen) atoms. The van der Waals surface area contributed by atoms with Crippen LogP contribution in [0, 0.1) is 0 Å². The molecule has 0 bridgehead atoms. The van der Waals surface area contributed by atoms with Gasteiger partial charge in [0, 0.05) is 18.4 Å². The first-order valence-electron chi connectivity index (χ1n) is 6.85. The lowest BCUT2D eigenvalue weighted by molar-refractivity contribution is 0.319. The number of hydrogen-bond acceptors (Lipinski definition) is 4. The van der Waals surface area contributed by atoms with Crippen LogP contribution in [-0.4, -0.2) is 16.7 Å². The van der Waals surface area contributed by atoms with Crippen molar-refractivity contribution in [2.24, 2.45) is 5.73 Å². The minimum atomic E-state index is 0.195. The summed E-state index contributed by atoms with van der Waals surface area (Å²) < 4.78 is 5.41. The highest BCUT2D eigenvalue weighted by molar-refractivity contribution is 4.98. The van der Waals surface area contributed by atoms with Gasteiger partial charge in [-0.3, -0.25) is 0 Å². The largest absolute Gasteiger partial charge is 0.339 e. The smallest absolute Gasteiger partial charge is 0.229 e. The Morgan fingerprint density at radius 2 is 1.88 bits per heavy atom. The SMILES string of the molecule is CC(CN)c1noc(C2CCCCCCC2)n1. The zero-order valence-electron chi connectivity index (χ0n) is 10.7. The lowest BCUT2D eigenvalue weighted by atomic mass is 9.91. The quantitative estimate of drug-likeness (QED) is 0.877. The maximum atomic E-state index is 5.62. The fourth-order valence-corrected chi connectivity index (χ4v) is 2.42. The molecule has 1 aliphatic rings. The summed E-state index contributed by atoms with van der Waals surface area (Å²) in [5, 5.41) is 4.05. The van der Waals surface area contributed by atoms with Crippen LogP contribution in [0.4, 0.5) is 0 Å². The van der Waals surface area contributed by atoms with Crippen LogP contribution in [0.3, 0.4) is 0 Å². The molecule has 4 nitrogen and oxygen atoms in total. The van der Waals surface area contributed by atoms with Crippen molar-refractivity contribution in [2.75, 3.05) is 6.54 Å². The van der Waals surface area contributed by atoms with Gasteiger partial charge in [-0.2, -0.15) is 4.98 Å². The first-order chi connectivity index (χ1) is 8.31. The van der Waals surface area contributed by atoms with E-state index in [4.69, 9.17) is 10.3 Å². The predicted molar refractivity (Wildman–Crippen MR) is 66.8 cm³/mol. The molecule has 4 heteroatoms. The summed E-state index contributed by atoms with van der Waals surface area (Å²) in [6.45, 7) is 2.61. The fraction of sp³-hybridized carbons (Fsp3) is 0.846. The van der Waals surface area contributed by atoms with Crippen LogP contribution < -0.4 is 5.73 Å². The second-order valence-corrected chi connectivity index (χ2v) is 5.17. The van der Waals surface area contributed by atoms with Crippen molar-refractivity contribution in [3.05, 3.63) is 11.7 Å². The van der Waals surface area contributed by atoms with Crippen molar-refractivity contribution >= 4 is 0 Å². The normalized spacial score (nSPS) is 20.8. The monoisotopic (exact) mass is 237 g/mol. The minimum absolute atomic E-state index is 0.195. The third-order valence-corrected chi connectivity index (χ3v) is 3.71. The van der Waals surface area contributed by atoms with Gasteiger partial charge in [-0.1, -0.05) is 44.2 Å². The molecule has 1 unspecified atom stereocenters. The van der Waals surface area contributed by atoms with E-state index in [1.54, 1.807) is 0 Å². The Morgan fingerprint density at radius 1 is 1.24 bits per heavy atom. The lowest BCUT2D eigenvalue weighted by Gasteiger charge is -2.15. The Bertz CT molecular complexity index is 329. The molecule has 1 aromatic rings. The summed E-state index contributed by atoms with van der Waals surface area (Å²) in [7, 11) is 0. The highest BCUT2D eigenvalue weighted by atomic mass is 16.5. The zero-order chi connectivity index (χ0) is 12.1. The average molecular weight is 237 g/mol. The number of nitrogens with two attached hydrogens (primary N) is 1. The van der Waals surface area contributed by atoms with Crippen LogP contribution >= 0.6 is 0 Å².